The molecule has 0 radical (unpaired) electrons. The molecule has 0 aliphatic carbocycles. The van der Waals surface area contributed by atoms with Crippen molar-refractivity contribution in [1.29, 1.82) is 0 Å². The Balaban J connectivity index is 2.22. The van der Waals surface area contributed by atoms with Gasteiger partial charge in [0.15, 0.2) is 0 Å². The molecule has 2 rings (SSSR count). The van der Waals surface area contributed by atoms with Gasteiger partial charge in [-0.25, -0.2) is 0 Å². The lowest BCUT2D eigenvalue weighted by molar-refractivity contribution is 0.164. The average molecular weight is 276 g/mol. The second-order valence-corrected chi connectivity index (χ2v) is 5.04. The molecule has 0 amide bonds. The first-order valence-electron chi connectivity index (χ1n) is 7.37. The van der Waals surface area contributed by atoms with Crippen molar-refractivity contribution in [2.45, 2.75) is 59.7 Å². The van der Waals surface area contributed by atoms with Crippen LogP contribution >= 0.6 is 0 Å². The molecule has 0 fully saturated rings. The molecule has 0 saturated heterocycles. The van der Waals surface area contributed by atoms with Crippen LogP contribution in [0.5, 0.6) is 0 Å². The molecule has 110 valence electrons. The van der Waals surface area contributed by atoms with Crippen molar-refractivity contribution in [3.8, 4) is 0 Å². The fourth-order valence-corrected chi connectivity index (χ4v) is 2.52. The summed E-state index contributed by atoms with van der Waals surface area (Å²) in [5, 5.41) is 19.4. The zero-order chi connectivity index (χ0) is 14.7. The highest BCUT2D eigenvalue weighted by Gasteiger charge is 2.17. The predicted molar refractivity (Wildman–Crippen MR) is 78.6 cm³/mol. The van der Waals surface area contributed by atoms with E-state index in [9.17, 15) is 5.11 Å². The third-order valence-electron chi connectivity index (χ3n) is 3.55. The van der Waals surface area contributed by atoms with E-state index < -0.39 is 6.10 Å². The van der Waals surface area contributed by atoms with Crippen LogP contribution in [0.2, 0.25) is 0 Å². The first-order valence-corrected chi connectivity index (χ1v) is 7.37. The molecule has 0 aliphatic heterocycles. The van der Waals surface area contributed by atoms with E-state index in [4.69, 9.17) is 0 Å². The van der Waals surface area contributed by atoms with E-state index in [1.165, 1.54) is 0 Å². The quantitative estimate of drug-likeness (QED) is 0.880. The van der Waals surface area contributed by atoms with Crippen molar-refractivity contribution in [3.05, 3.63) is 34.9 Å². The van der Waals surface area contributed by atoms with E-state index in [2.05, 4.69) is 24.0 Å². The van der Waals surface area contributed by atoms with Crippen molar-refractivity contribution in [2.24, 2.45) is 0 Å². The van der Waals surface area contributed by atoms with E-state index >= 15 is 0 Å². The molecule has 1 unspecified atom stereocenters. The van der Waals surface area contributed by atoms with Crippen molar-refractivity contribution in [3.63, 3.8) is 0 Å². The summed E-state index contributed by atoms with van der Waals surface area (Å²) in [6, 6.07) is 4.05. The number of aromatic nitrogens is 4. The molecule has 0 aliphatic rings. The minimum absolute atomic E-state index is 0.538. The van der Waals surface area contributed by atoms with Crippen LogP contribution in [0.4, 0.5) is 0 Å². The van der Waals surface area contributed by atoms with Gasteiger partial charge in [-0.05, 0) is 39.3 Å². The van der Waals surface area contributed by atoms with Crippen LogP contribution in [-0.2, 0) is 25.9 Å². The molecule has 0 spiro atoms. The average Bonchev–Trinajstić information content (AvgIpc) is 3.01. The summed E-state index contributed by atoms with van der Waals surface area (Å²) < 4.78 is 3.84. The molecule has 20 heavy (non-hydrogen) atoms. The smallest absolute Gasteiger partial charge is 0.101 e. The standard InChI is InChI=1S/C15H24N4O/c1-5-12-9-14(19(7-3)17-12)15(20)10-13-8-11(4)16-18(13)6-2/h8-9,15,20H,5-7,10H2,1-4H3. The van der Waals surface area contributed by atoms with Crippen molar-refractivity contribution < 1.29 is 5.11 Å². The second-order valence-electron chi connectivity index (χ2n) is 5.04. The summed E-state index contributed by atoms with van der Waals surface area (Å²) in [5.41, 5.74) is 3.98. The number of nitrogens with zero attached hydrogens (tertiary/aromatic N) is 4. The van der Waals surface area contributed by atoms with Gasteiger partial charge in [0.25, 0.3) is 0 Å². The van der Waals surface area contributed by atoms with E-state index in [-0.39, 0.29) is 0 Å². The summed E-state index contributed by atoms with van der Waals surface area (Å²) in [5.74, 6) is 0. The molecule has 1 N–H and O–H groups in total. The number of hydrogen-bond acceptors (Lipinski definition) is 3. The highest BCUT2D eigenvalue weighted by molar-refractivity contribution is 5.17. The van der Waals surface area contributed by atoms with Crippen LogP contribution in [-0.4, -0.2) is 24.7 Å². The van der Waals surface area contributed by atoms with E-state index in [0.29, 0.717) is 6.42 Å². The first kappa shape index (κ1) is 14.8. The molecule has 0 saturated carbocycles. The van der Waals surface area contributed by atoms with Crippen LogP contribution in [0.3, 0.4) is 0 Å². The van der Waals surface area contributed by atoms with Gasteiger partial charge in [0, 0.05) is 25.2 Å². The second kappa shape index (κ2) is 6.22. The number of aliphatic hydroxyl groups excluding tert-OH is 1. The van der Waals surface area contributed by atoms with Gasteiger partial charge in [0.2, 0.25) is 0 Å². The van der Waals surface area contributed by atoms with Gasteiger partial charge in [0.05, 0.1) is 17.1 Å². The molecule has 5 nitrogen and oxygen atoms in total. The van der Waals surface area contributed by atoms with Crippen LogP contribution < -0.4 is 0 Å². The lowest BCUT2D eigenvalue weighted by Gasteiger charge is -2.13. The van der Waals surface area contributed by atoms with E-state index in [0.717, 1.165) is 42.3 Å². The van der Waals surface area contributed by atoms with Crippen LogP contribution in [0.15, 0.2) is 12.1 Å². The number of aliphatic hydroxyl groups is 1. The van der Waals surface area contributed by atoms with Gasteiger partial charge in [0.1, 0.15) is 6.10 Å². The number of aryl methyl sites for hydroxylation is 4. The minimum atomic E-state index is -0.538. The lowest BCUT2D eigenvalue weighted by atomic mass is 10.1. The van der Waals surface area contributed by atoms with Gasteiger partial charge in [-0.15, -0.1) is 0 Å². The predicted octanol–water partition coefficient (Wildman–Crippen LogP) is 2.27. The zero-order valence-electron chi connectivity index (χ0n) is 12.8. The van der Waals surface area contributed by atoms with E-state index in [1.807, 2.05) is 35.3 Å². The molecular weight excluding hydrogens is 252 g/mol. The normalized spacial score (nSPS) is 12.8. The van der Waals surface area contributed by atoms with Gasteiger partial charge in [-0.2, -0.15) is 10.2 Å². The number of hydrogen-bond donors (Lipinski definition) is 1. The fourth-order valence-electron chi connectivity index (χ4n) is 2.52. The van der Waals surface area contributed by atoms with Gasteiger partial charge in [-0.1, -0.05) is 6.92 Å². The summed E-state index contributed by atoms with van der Waals surface area (Å²) in [6.07, 6.45) is 0.923. The maximum absolute atomic E-state index is 10.5. The van der Waals surface area contributed by atoms with Gasteiger partial charge < -0.3 is 5.11 Å². The maximum Gasteiger partial charge on any atom is 0.101 e. The first-order chi connectivity index (χ1) is 9.58. The van der Waals surface area contributed by atoms with Crippen LogP contribution in [0.25, 0.3) is 0 Å². The Morgan fingerprint density at radius 1 is 1.10 bits per heavy atom. The van der Waals surface area contributed by atoms with Gasteiger partial charge >= 0.3 is 0 Å². The Morgan fingerprint density at radius 2 is 1.80 bits per heavy atom. The van der Waals surface area contributed by atoms with Crippen LogP contribution in [0.1, 0.15) is 49.7 Å². The maximum atomic E-state index is 10.5. The molecule has 1 atom stereocenters. The third-order valence-corrected chi connectivity index (χ3v) is 3.55. The lowest BCUT2D eigenvalue weighted by Crippen LogP contribution is -2.12. The Bertz CT molecular complexity index is 570. The molecule has 2 heterocycles. The summed E-state index contributed by atoms with van der Waals surface area (Å²) in [6.45, 7) is 9.76. The summed E-state index contributed by atoms with van der Waals surface area (Å²) in [7, 11) is 0. The van der Waals surface area contributed by atoms with E-state index in [1.54, 1.807) is 0 Å². The molecule has 0 aromatic carbocycles. The van der Waals surface area contributed by atoms with Crippen LogP contribution in [0, 0.1) is 6.92 Å². The molecule has 5 heteroatoms. The Morgan fingerprint density at radius 3 is 2.40 bits per heavy atom. The SMILES string of the molecule is CCc1cc(C(O)Cc2cc(C)nn2CC)n(CC)n1. The Hall–Kier alpha value is -1.62. The molecular formula is C15H24N4O. The summed E-state index contributed by atoms with van der Waals surface area (Å²) in [4.78, 5) is 0. The third kappa shape index (κ3) is 2.93. The highest BCUT2D eigenvalue weighted by Crippen LogP contribution is 2.20. The highest BCUT2D eigenvalue weighted by atomic mass is 16.3. The molecule has 2 aromatic rings. The minimum Gasteiger partial charge on any atom is -0.386 e. The number of rotatable bonds is 6. The zero-order valence-corrected chi connectivity index (χ0v) is 12.8. The molecule has 2 aromatic heterocycles. The van der Waals surface area contributed by atoms with Crippen molar-refractivity contribution >= 4 is 0 Å². The summed E-state index contributed by atoms with van der Waals surface area (Å²) >= 11 is 0. The van der Waals surface area contributed by atoms with Gasteiger partial charge in [-0.3, -0.25) is 9.36 Å². The largest absolute Gasteiger partial charge is 0.386 e. The monoisotopic (exact) mass is 276 g/mol. The van der Waals surface area contributed by atoms with Crippen molar-refractivity contribution in [2.75, 3.05) is 0 Å². The topological polar surface area (TPSA) is 55.9 Å². The molecule has 0 bridgehead atoms. The Labute approximate surface area is 120 Å². The van der Waals surface area contributed by atoms with Crippen molar-refractivity contribution in [1.82, 2.24) is 19.6 Å². The fraction of sp³-hybridized carbons (Fsp3) is 0.600. The Kier molecular flexibility index (Phi) is 4.60.